The van der Waals surface area contributed by atoms with E-state index in [-0.39, 0.29) is 11.9 Å². The Kier molecular flexibility index (Phi) is 6.64. The zero-order valence-electron chi connectivity index (χ0n) is 11.8. The summed E-state index contributed by atoms with van der Waals surface area (Å²) >= 11 is 6.03. The molecule has 0 aliphatic rings. The van der Waals surface area contributed by atoms with Crippen molar-refractivity contribution in [3.05, 3.63) is 22.8 Å². The molecule has 4 nitrogen and oxygen atoms in total. The van der Waals surface area contributed by atoms with Gasteiger partial charge in [-0.3, -0.25) is 4.79 Å². The first-order chi connectivity index (χ1) is 9.08. The molecule has 1 heterocycles. The lowest BCUT2D eigenvalue weighted by atomic mass is 10.1. The first kappa shape index (κ1) is 15.8. The van der Waals surface area contributed by atoms with E-state index in [4.69, 9.17) is 11.6 Å². The van der Waals surface area contributed by atoms with Crippen molar-refractivity contribution >= 4 is 23.3 Å². The molecule has 0 spiro atoms. The standard InChI is InChI=1S/C14H22ClN3O/c1-4-6-7-10(3)18-14(19)11-8-13(16-5-2)17-9-12(11)15/h8-10H,4-7H2,1-3H3,(H,16,17)(H,18,19). The van der Waals surface area contributed by atoms with Crippen molar-refractivity contribution in [3.63, 3.8) is 0 Å². The maximum atomic E-state index is 12.1. The van der Waals surface area contributed by atoms with Gasteiger partial charge in [-0.05, 0) is 26.3 Å². The van der Waals surface area contributed by atoms with Gasteiger partial charge in [0.25, 0.3) is 5.91 Å². The normalized spacial score (nSPS) is 12.0. The Morgan fingerprint density at radius 1 is 1.47 bits per heavy atom. The monoisotopic (exact) mass is 283 g/mol. The lowest BCUT2D eigenvalue weighted by Crippen LogP contribution is -2.32. The summed E-state index contributed by atoms with van der Waals surface area (Å²) in [5.74, 6) is 0.522. The molecule has 0 aliphatic heterocycles. The molecule has 1 rings (SSSR count). The van der Waals surface area contributed by atoms with Crippen molar-refractivity contribution in [1.29, 1.82) is 0 Å². The molecule has 0 saturated carbocycles. The van der Waals surface area contributed by atoms with E-state index in [0.717, 1.165) is 25.8 Å². The van der Waals surface area contributed by atoms with Gasteiger partial charge < -0.3 is 10.6 Å². The van der Waals surface area contributed by atoms with Crippen LogP contribution in [0.1, 0.15) is 50.4 Å². The smallest absolute Gasteiger partial charge is 0.253 e. The highest BCUT2D eigenvalue weighted by molar-refractivity contribution is 6.33. The molecule has 0 bridgehead atoms. The number of anilines is 1. The second-order valence-corrected chi connectivity index (χ2v) is 5.00. The van der Waals surface area contributed by atoms with E-state index in [1.54, 1.807) is 6.07 Å². The van der Waals surface area contributed by atoms with E-state index < -0.39 is 0 Å². The molecule has 0 saturated heterocycles. The second kappa shape index (κ2) is 8.00. The summed E-state index contributed by atoms with van der Waals surface area (Å²) in [5, 5.41) is 6.41. The lowest BCUT2D eigenvalue weighted by Gasteiger charge is -2.14. The highest BCUT2D eigenvalue weighted by Crippen LogP contribution is 2.18. The fourth-order valence-electron chi connectivity index (χ4n) is 1.77. The number of nitrogens with one attached hydrogen (secondary N) is 2. The zero-order valence-corrected chi connectivity index (χ0v) is 12.5. The Morgan fingerprint density at radius 3 is 2.84 bits per heavy atom. The van der Waals surface area contributed by atoms with Gasteiger partial charge in [-0.15, -0.1) is 0 Å². The Morgan fingerprint density at radius 2 is 2.21 bits per heavy atom. The third-order valence-corrected chi connectivity index (χ3v) is 3.13. The molecule has 1 aromatic rings. The topological polar surface area (TPSA) is 54.0 Å². The fraction of sp³-hybridized carbons (Fsp3) is 0.571. The van der Waals surface area contributed by atoms with Crippen molar-refractivity contribution < 1.29 is 4.79 Å². The summed E-state index contributed by atoms with van der Waals surface area (Å²) in [7, 11) is 0. The number of carbonyl (C=O) groups excluding carboxylic acids is 1. The summed E-state index contributed by atoms with van der Waals surface area (Å²) in [4.78, 5) is 16.3. The van der Waals surface area contributed by atoms with Crippen molar-refractivity contribution in [2.75, 3.05) is 11.9 Å². The van der Waals surface area contributed by atoms with E-state index >= 15 is 0 Å². The number of pyridine rings is 1. The molecule has 2 N–H and O–H groups in total. The van der Waals surface area contributed by atoms with Crippen LogP contribution in [0.2, 0.25) is 5.02 Å². The van der Waals surface area contributed by atoms with E-state index in [1.807, 2.05) is 13.8 Å². The maximum absolute atomic E-state index is 12.1. The van der Waals surface area contributed by atoms with Crippen molar-refractivity contribution in [2.45, 2.75) is 46.1 Å². The Labute approximate surface area is 120 Å². The molecular weight excluding hydrogens is 262 g/mol. The van der Waals surface area contributed by atoms with Crippen LogP contribution >= 0.6 is 11.6 Å². The number of unbranched alkanes of at least 4 members (excludes halogenated alkanes) is 1. The van der Waals surface area contributed by atoms with E-state index in [9.17, 15) is 4.79 Å². The molecule has 19 heavy (non-hydrogen) atoms. The molecule has 0 aromatic carbocycles. The number of rotatable bonds is 7. The van der Waals surface area contributed by atoms with Gasteiger partial charge in [0.15, 0.2) is 0 Å². The van der Waals surface area contributed by atoms with Crippen LogP contribution < -0.4 is 10.6 Å². The van der Waals surface area contributed by atoms with Crippen LogP contribution in [-0.2, 0) is 0 Å². The Balaban J connectivity index is 2.72. The molecule has 1 amide bonds. The first-order valence-electron chi connectivity index (χ1n) is 6.78. The Hall–Kier alpha value is -1.29. The SMILES string of the molecule is CCCCC(C)NC(=O)c1cc(NCC)ncc1Cl. The summed E-state index contributed by atoms with van der Waals surface area (Å²) < 4.78 is 0. The predicted octanol–water partition coefficient (Wildman–Crippen LogP) is 3.48. The Bertz CT molecular complexity index is 423. The quantitative estimate of drug-likeness (QED) is 0.805. The van der Waals surface area contributed by atoms with Crippen LogP contribution in [0.3, 0.4) is 0 Å². The summed E-state index contributed by atoms with van der Waals surface area (Å²) in [5.41, 5.74) is 0.468. The first-order valence-corrected chi connectivity index (χ1v) is 7.16. The molecular formula is C14H22ClN3O. The van der Waals surface area contributed by atoms with E-state index in [2.05, 4.69) is 22.5 Å². The van der Waals surface area contributed by atoms with Gasteiger partial charge >= 0.3 is 0 Å². The van der Waals surface area contributed by atoms with Crippen molar-refractivity contribution in [1.82, 2.24) is 10.3 Å². The minimum atomic E-state index is -0.143. The molecule has 0 fully saturated rings. The molecule has 0 radical (unpaired) electrons. The lowest BCUT2D eigenvalue weighted by molar-refractivity contribution is 0.0938. The highest BCUT2D eigenvalue weighted by atomic mass is 35.5. The maximum Gasteiger partial charge on any atom is 0.253 e. The van der Waals surface area contributed by atoms with Gasteiger partial charge in [-0.25, -0.2) is 4.98 Å². The minimum absolute atomic E-state index is 0.143. The number of hydrogen-bond donors (Lipinski definition) is 2. The van der Waals surface area contributed by atoms with Crippen molar-refractivity contribution in [3.8, 4) is 0 Å². The predicted molar refractivity (Wildman–Crippen MR) is 79.9 cm³/mol. The van der Waals surface area contributed by atoms with E-state index in [1.165, 1.54) is 6.20 Å². The third kappa shape index (κ3) is 5.07. The van der Waals surface area contributed by atoms with Crippen LogP contribution in [0.15, 0.2) is 12.3 Å². The highest BCUT2D eigenvalue weighted by Gasteiger charge is 2.14. The molecule has 1 atom stereocenters. The summed E-state index contributed by atoms with van der Waals surface area (Å²) in [6.45, 7) is 6.87. The largest absolute Gasteiger partial charge is 0.370 e. The van der Waals surface area contributed by atoms with Gasteiger partial charge in [0.1, 0.15) is 5.82 Å². The fourth-order valence-corrected chi connectivity index (χ4v) is 1.96. The van der Waals surface area contributed by atoms with Gasteiger partial charge in [0, 0.05) is 18.8 Å². The summed E-state index contributed by atoms with van der Waals surface area (Å²) in [6.07, 6.45) is 4.71. The number of nitrogens with zero attached hydrogens (tertiary/aromatic N) is 1. The van der Waals surface area contributed by atoms with Crippen LogP contribution in [0.4, 0.5) is 5.82 Å². The minimum Gasteiger partial charge on any atom is -0.370 e. The van der Waals surface area contributed by atoms with Crippen LogP contribution in [-0.4, -0.2) is 23.5 Å². The van der Waals surface area contributed by atoms with Gasteiger partial charge in [-0.2, -0.15) is 0 Å². The van der Waals surface area contributed by atoms with Crippen LogP contribution in [0, 0.1) is 0 Å². The van der Waals surface area contributed by atoms with Crippen LogP contribution in [0.5, 0.6) is 0 Å². The van der Waals surface area contributed by atoms with Crippen LogP contribution in [0.25, 0.3) is 0 Å². The molecule has 5 heteroatoms. The number of carbonyl (C=O) groups is 1. The molecule has 1 aromatic heterocycles. The number of hydrogen-bond acceptors (Lipinski definition) is 3. The summed E-state index contributed by atoms with van der Waals surface area (Å²) in [6, 6.07) is 1.84. The van der Waals surface area contributed by atoms with Crippen molar-refractivity contribution in [2.24, 2.45) is 0 Å². The van der Waals surface area contributed by atoms with E-state index in [0.29, 0.717) is 16.4 Å². The van der Waals surface area contributed by atoms with Gasteiger partial charge in [0.05, 0.1) is 10.6 Å². The molecule has 106 valence electrons. The average molecular weight is 284 g/mol. The zero-order chi connectivity index (χ0) is 14.3. The number of aromatic nitrogens is 1. The average Bonchev–Trinajstić information content (AvgIpc) is 2.38. The number of halogens is 1. The molecule has 0 aliphatic carbocycles. The van der Waals surface area contributed by atoms with Gasteiger partial charge in [-0.1, -0.05) is 31.4 Å². The molecule has 1 unspecified atom stereocenters. The van der Waals surface area contributed by atoms with Gasteiger partial charge in [0.2, 0.25) is 0 Å². The number of amides is 1. The third-order valence-electron chi connectivity index (χ3n) is 2.83. The second-order valence-electron chi connectivity index (χ2n) is 4.60.